The van der Waals surface area contributed by atoms with Crippen LogP contribution in [0.25, 0.3) is 0 Å². The first kappa shape index (κ1) is 15.6. The zero-order valence-electron chi connectivity index (χ0n) is 11.1. The predicted octanol–water partition coefficient (Wildman–Crippen LogP) is 0.554. The normalized spacial score (nSPS) is 11.4. The third kappa shape index (κ3) is 5.47. The van der Waals surface area contributed by atoms with Crippen LogP contribution >= 0.6 is 0 Å². The molecule has 0 saturated carbocycles. The highest BCUT2D eigenvalue weighted by molar-refractivity contribution is 5.85. The van der Waals surface area contributed by atoms with Crippen molar-refractivity contribution in [3.05, 3.63) is 46.0 Å². The summed E-state index contributed by atoms with van der Waals surface area (Å²) in [6.07, 6.45) is 0.225. The summed E-state index contributed by atoms with van der Waals surface area (Å²) >= 11 is 0. The summed E-state index contributed by atoms with van der Waals surface area (Å²) in [5.41, 5.74) is 0.826. The average Bonchev–Trinajstić information content (AvgIpc) is 2.38. The van der Waals surface area contributed by atoms with E-state index in [0.29, 0.717) is 0 Å². The van der Waals surface area contributed by atoms with Crippen molar-refractivity contribution in [2.24, 2.45) is 0 Å². The third-order valence-corrected chi connectivity index (χ3v) is 2.46. The minimum Gasteiger partial charge on any atom is -0.464 e. The fourth-order valence-electron chi connectivity index (χ4n) is 1.64. The Morgan fingerprint density at radius 2 is 2.00 bits per heavy atom. The summed E-state index contributed by atoms with van der Waals surface area (Å²) in [6.45, 7) is 0.955. The molecule has 20 heavy (non-hydrogen) atoms. The maximum atomic E-state index is 11.8. The summed E-state index contributed by atoms with van der Waals surface area (Å²) in [5, 5.41) is 12.6. The molecule has 1 N–H and O–H groups in total. The van der Waals surface area contributed by atoms with Gasteiger partial charge in [-0.3, -0.25) is 14.9 Å². The lowest BCUT2D eigenvalue weighted by Crippen LogP contribution is -2.45. The monoisotopic (exact) mass is 280 g/mol. The lowest BCUT2D eigenvalue weighted by atomic mass is 10.1. The SMILES string of the molecule is CCOC(=O)[C@H](Cc1ccccc1)NC(=O)C[N+](=O)[O-]. The molecule has 0 aliphatic heterocycles. The van der Waals surface area contributed by atoms with Crippen molar-refractivity contribution in [3.8, 4) is 0 Å². The van der Waals surface area contributed by atoms with E-state index >= 15 is 0 Å². The first-order chi connectivity index (χ1) is 9.52. The van der Waals surface area contributed by atoms with Gasteiger partial charge in [-0.25, -0.2) is 4.79 Å². The number of hydrogen-bond donors (Lipinski definition) is 1. The van der Waals surface area contributed by atoms with Gasteiger partial charge in [-0.1, -0.05) is 30.3 Å². The van der Waals surface area contributed by atoms with Crippen LogP contribution in [-0.4, -0.2) is 36.0 Å². The Balaban J connectivity index is 2.72. The molecule has 0 radical (unpaired) electrons. The number of nitrogens with one attached hydrogen (secondary N) is 1. The fourth-order valence-corrected chi connectivity index (χ4v) is 1.64. The van der Waals surface area contributed by atoms with E-state index in [0.717, 1.165) is 5.56 Å². The van der Waals surface area contributed by atoms with E-state index in [1.54, 1.807) is 31.2 Å². The predicted molar refractivity (Wildman–Crippen MR) is 70.6 cm³/mol. The standard InChI is InChI=1S/C13H16N2O5/c1-2-20-13(17)11(14-12(16)9-15(18)19)8-10-6-4-3-5-7-10/h3-7,11H,2,8-9H2,1H3,(H,14,16)/t11-/m0/s1. The van der Waals surface area contributed by atoms with E-state index in [1.165, 1.54) is 0 Å². The van der Waals surface area contributed by atoms with Gasteiger partial charge in [0.1, 0.15) is 6.04 Å². The van der Waals surface area contributed by atoms with Crippen LogP contribution in [0.4, 0.5) is 0 Å². The second kappa shape index (κ2) is 7.88. The van der Waals surface area contributed by atoms with Crippen molar-refractivity contribution >= 4 is 11.9 Å². The van der Waals surface area contributed by atoms with E-state index in [-0.39, 0.29) is 13.0 Å². The second-order valence-electron chi connectivity index (χ2n) is 4.05. The molecule has 0 spiro atoms. The quantitative estimate of drug-likeness (QED) is 0.447. The number of nitro groups is 1. The summed E-state index contributed by atoms with van der Waals surface area (Å²) < 4.78 is 4.86. The third-order valence-electron chi connectivity index (χ3n) is 2.46. The van der Waals surface area contributed by atoms with Crippen LogP contribution in [0.1, 0.15) is 12.5 Å². The number of carbonyl (C=O) groups is 2. The van der Waals surface area contributed by atoms with Crippen LogP contribution in [0, 0.1) is 10.1 Å². The van der Waals surface area contributed by atoms with Gasteiger partial charge in [0.2, 0.25) is 0 Å². The molecule has 1 aromatic carbocycles. The van der Waals surface area contributed by atoms with E-state index in [1.807, 2.05) is 6.07 Å². The Hall–Kier alpha value is -2.44. The molecular weight excluding hydrogens is 264 g/mol. The molecule has 0 aliphatic rings. The van der Waals surface area contributed by atoms with Crippen molar-refractivity contribution in [1.82, 2.24) is 5.32 Å². The van der Waals surface area contributed by atoms with E-state index in [2.05, 4.69) is 5.32 Å². The molecule has 0 unspecified atom stereocenters. The lowest BCUT2D eigenvalue weighted by molar-refractivity contribution is -0.467. The van der Waals surface area contributed by atoms with E-state index < -0.39 is 29.4 Å². The van der Waals surface area contributed by atoms with Gasteiger partial charge in [0.15, 0.2) is 0 Å². The van der Waals surface area contributed by atoms with Crippen molar-refractivity contribution in [1.29, 1.82) is 0 Å². The summed E-state index contributed by atoms with van der Waals surface area (Å²) in [5.74, 6) is -1.42. The first-order valence-corrected chi connectivity index (χ1v) is 6.14. The number of esters is 1. The Morgan fingerprint density at radius 1 is 1.35 bits per heavy atom. The Labute approximate surface area is 116 Å². The summed E-state index contributed by atoms with van der Waals surface area (Å²) in [7, 11) is 0. The van der Waals surface area contributed by atoms with E-state index in [4.69, 9.17) is 4.74 Å². The number of benzene rings is 1. The van der Waals surface area contributed by atoms with Crippen LogP contribution in [0.2, 0.25) is 0 Å². The fraction of sp³-hybridized carbons (Fsp3) is 0.385. The maximum Gasteiger partial charge on any atom is 0.328 e. The van der Waals surface area contributed by atoms with Crippen molar-refractivity contribution in [2.75, 3.05) is 13.2 Å². The van der Waals surface area contributed by atoms with Crippen molar-refractivity contribution in [2.45, 2.75) is 19.4 Å². The summed E-state index contributed by atoms with van der Waals surface area (Å²) in [6, 6.07) is 8.10. The molecule has 0 fully saturated rings. The minimum absolute atomic E-state index is 0.176. The number of nitrogens with zero attached hydrogens (tertiary/aromatic N) is 1. The number of rotatable bonds is 7. The molecule has 1 amide bonds. The molecule has 0 aliphatic carbocycles. The van der Waals surface area contributed by atoms with Gasteiger partial charge in [-0.05, 0) is 12.5 Å². The molecule has 0 bridgehead atoms. The average molecular weight is 280 g/mol. The maximum absolute atomic E-state index is 11.8. The zero-order chi connectivity index (χ0) is 15.0. The number of ether oxygens (including phenoxy) is 1. The Morgan fingerprint density at radius 3 is 2.55 bits per heavy atom. The molecule has 1 aromatic rings. The highest BCUT2D eigenvalue weighted by Crippen LogP contribution is 2.05. The zero-order valence-corrected chi connectivity index (χ0v) is 11.1. The smallest absolute Gasteiger partial charge is 0.328 e. The molecule has 7 heteroatoms. The van der Waals surface area contributed by atoms with Gasteiger partial charge in [-0.2, -0.15) is 0 Å². The van der Waals surface area contributed by atoms with Gasteiger partial charge in [0.25, 0.3) is 12.5 Å². The minimum atomic E-state index is -0.926. The van der Waals surface area contributed by atoms with Crippen LogP contribution in [0.3, 0.4) is 0 Å². The molecule has 1 atom stereocenters. The van der Waals surface area contributed by atoms with Gasteiger partial charge in [0, 0.05) is 11.3 Å². The van der Waals surface area contributed by atoms with Gasteiger partial charge in [0.05, 0.1) is 6.61 Å². The lowest BCUT2D eigenvalue weighted by Gasteiger charge is -2.16. The van der Waals surface area contributed by atoms with Crippen LogP contribution in [0.15, 0.2) is 30.3 Å². The first-order valence-electron chi connectivity index (χ1n) is 6.14. The molecule has 0 saturated heterocycles. The molecular formula is C13H16N2O5. The van der Waals surface area contributed by atoms with Crippen LogP contribution in [-0.2, 0) is 20.7 Å². The van der Waals surface area contributed by atoms with Gasteiger partial charge >= 0.3 is 5.97 Å². The van der Waals surface area contributed by atoms with Crippen LogP contribution in [0.5, 0.6) is 0 Å². The number of amides is 1. The van der Waals surface area contributed by atoms with Gasteiger partial charge in [-0.15, -0.1) is 0 Å². The summed E-state index contributed by atoms with van der Waals surface area (Å²) in [4.78, 5) is 32.7. The van der Waals surface area contributed by atoms with E-state index in [9.17, 15) is 19.7 Å². The number of hydrogen-bond acceptors (Lipinski definition) is 5. The topological polar surface area (TPSA) is 98.5 Å². The second-order valence-corrected chi connectivity index (χ2v) is 4.05. The molecule has 7 nitrogen and oxygen atoms in total. The highest BCUT2D eigenvalue weighted by atomic mass is 16.6. The Kier molecular flexibility index (Phi) is 6.15. The Bertz CT molecular complexity index is 475. The molecule has 0 aromatic heterocycles. The molecule has 0 heterocycles. The highest BCUT2D eigenvalue weighted by Gasteiger charge is 2.24. The van der Waals surface area contributed by atoms with Gasteiger partial charge < -0.3 is 10.1 Å². The number of carbonyl (C=O) groups excluding carboxylic acids is 2. The van der Waals surface area contributed by atoms with Crippen molar-refractivity contribution in [3.63, 3.8) is 0 Å². The molecule has 108 valence electrons. The largest absolute Gasteiger partial charge is 0.464 e. The van der Waals surface area contributed by atoms with Crippen LogP contribution < -0.4 is 5.32 Å². The van der Waals surface area contributed by atoms with Crippen molar-refractivity contribution < 1.29 is 19.2 Å². The molecule has 1 rings (SSSR count).